The molecule has 2 aromatic rings. The van der Waals surface area contributed by atoms with Gasteiger partial charge in [-0.2, -0.15) is 0 Å². The highest BCUT2D eigenvalue weighted by Crippen LogP contribution is 2.24. The third-order valence-corrected chi connectivity index (χ3v) is 3.44. The van der Waals surface area contributed by atoms with E-state index < -0.39 is 5.91 Å². The van der Waals surface area contributed by atoms with Crippen LogP contribution < -0.4 is 15.8 Å². The molecule has 1 aromatic carbocycles. The van der Waals surface area contributed by atoms with Crippen molar-refractivity contribution in [3.63, 3.8) is 0 Å². The minimum Gasteiger partial charge on any atom is -0.491 e. The van der Waals surface area contributed by atoms with E-state index in [9.17, 15) is 4.79 Å². The van der Waals surface area contributed by atoms with Crippen molar-refractivity contribution in [2.24, 2.45) is 5.73 Å². The van der Waals surface area contributed by atoms with E-state index in [4.69, 9.17) is 10.5 Å². The molecule has 0 saturated carbocycles. The molecule has 1 aliphatic rings. The summed E-state index contributed by atoms with van der Waals surface area (Å²) in [5.74, 6) is 0.971. The van der Waals surface area contributed by atoms with Crippen molar-refractivity contribution in [2.75, 3.05) is 11.9 Å². The topological polar surface area (TPSA) is 90.1 Å². The Hall–Kier alpha value is -2.63. The zero-order valence-corrected chi connectivity index (χ0v) is 11.5. The Labute approximate surface area is 122 Å². The van der Waals surface area contributed by atoms with Gasteiger partial charge in [0, 0.05) is 0 Å². The maximum atomic E-state index is 11.0. The fourth-order valence-corrected chi connectivity index (χ4v) is 2.32. The zero-order chi connectivity index (χ0) is 14.7. The normalized spacial score (nSPS) is 17.2. The lowest BCUT2D eigenvalue weighted by Crippen LogP contribution is -2.27. The molecule has 0 bridgehead atoms. The van der Waals surface area contributed by atoms with Crippen molar-refractivity contribution in [3.05, 3.63) is 47.7 Å². The molecule has 6 heteroatoms. The van der Waals surface area contributed by atoms with E-state index in [0.29, 0.717) is 12.4 Å². The lowest BCUT2D eigenvalue weighted by Gasteiger charge is -2.16. The van der Waals surface area contributed by atoms with Crippen molar-refractivity contribution >= 4 is 11.7 Å². The van der Waals surface area contributed by atoms with Crippen LogP contribution in [0.3, 0.4) is 0 Å². The van der Waals surface area contributed by atoms with Crippen LogP contribution in [0.1, 0.15) is 22.5 Å². The minimum absolute atomic E-state index is 0.145. The monoisotopic (exact) mass is 284 g/mol. The summed E-state index contributed by atoms with van der Waals surface area (Å²) in [4.78, 5) is 11.0. The summed E-state index contributed by atoms with van der Waals surface area (Å²) < 4.78 is 5.81. The number of nitrogens with zero attached hydrogens (tertiary/aromatic N) is 2. The van der Waals surface area contributed by atoms with Gasteiger partial charge in [-0.1, -0.05) is 18.2 Å². The molecule has 6 nitrogen and oxygen atoms in total. The number of benzene rings is 1. The van der Waals surface area contributed by atoms with Crippen molar-refractivity contribution in [2.45, 2.75) is 18.9 Å². The number of ether oxygens (including phenoxy) is 1. The standard InChI is InChI=1S/C15H16N4O2/c16-15(20)12-7-8-14(19-18-12)17-11-6-5-10-3-1-2-4-13(10)21-9-11/h1-4,7-8,11H,5-6,9H2,(H2,16,20)(H,17,19). The number of carbonyl (C=O) groups excluding carboxylic acids is 1. The molecule has 1 aromatic heterocycles. The molecule has 0 spiro atoms. The van der Waals surface area contributed by atoms with Gasteiger partial charge in [-0.3, -0.25) is 4.79 Å². The summed E-state index contributed by atoms with van der Waals surface area (Å²) in [6, 6.07) is 11.5. The molecule has 0 saturated heterocycles. The summed E-state index contributed by atoms with van der Waals surface area (Å²) in [6.07, 6.45) is 1.89. The molecule has 1 aliphatic heterocycles. The molecule has 3 rings (SSSR count). The van der Waals surface area contributed by atoms with Gasteiger partial charge >= 0.3 is 0 Å². The molecule has 21 heavy (non-hydrogen) atoms. The van der Waals surface area contributed by atoms with Crippen LogP contribution in [-0.4, -0.2) is 28.8 Å². The molecule has 1 atom stereocenters. The molecule has 1 amide bonds. The van der Waals surface area contributed by atoms with Crippen LogP contribution in [-0.2, 0) is 6.42 Å². The average Bonchev–Trinajstić information content (AvgIpc) is 2.71. The highest BCUT2D eigenvalue weighted by molar-refractivity contribution is 5.90. The number of anilines is 1. The van der Waals surface area contributed by atoms with E-state index in [1.54, 1.807) is 12.1 Å². The van der Waals surface area contributed by atoms with Crippen molar-refractivity contribution in [1.82, 2.24) is 10.2 Å². The Balaban J connectivity index is 1.65. The molecular weight excluding hydrogens is 268 g/mol. The fourth-order valence-electron chi connectivity index (χ4n) is 2.32. The van der Waals surface area contributed by atoms with E-state index in [0.717, 1.165) is 18.6 Å². The number of nitrogens with two attached hydrogens (primary N) is 1. The number of fused-ring (bicyclic) bond motifs is 1. The van der Waals surface area contributed by atoms with Gasteiger partial charge in [-0.25, -0.2) is 0 Å². The number of primary amides is 1. The van der Waals surface area contributed by atoms with Gasteiger partial charge in [0.05, 0.1) is 6.04 Å². The van der Waals surface area contributed by atoms with Crippen LogP contribution in [0.15, 0.2) is 36.4 Å². The second-order valence-electron chi connectivity index (χ2n) is 4.97. The van der Waals surface area contributed by atoms with Gasteiger partial charge in [-0.05, 0) is 36.6 Å². The first-order valence-electron chi connectivity index (χ1n) is 6.83. The first-order chi connectivity index (χ1) is 10.2. The fraction of sp³-hybridized carbons (Fsp3) is 0.267. The third kappa shape index (κ3) is 3.10. The number of rotatable bonds is 3. The second-order valence-corrected chi connectivity index (χ2v) is 4.97. The summed E-state index contributed by atoms with van der Waals surface area (Å²) in [5.41, 5.74) is 6.51. The van der Waals surface area contributed by atoms with Gasteiger partial charge in [0.15, 0.2) is 5.69 Å². The predicted octanol–water partition coefficient (Wildman–Crippen LogP) is 1.38. The van der Waals surface area contributed by atoms with E-state index in [-0.39, 0.29) is 11.7 Å². The van der Waals surface area contributed by atoms with Gasteiger partial charge in [0.2, 0.25) is 0 Å². The van der Waals surface area contributed by atoms with Gasteiger partial charge in [0.1, 0.15) is 18.2 Å². The molecule has 0 aliphatic carbocycles. The van der Waals surface area contributed by atoms with Crippen molar-refractivity contribution < 1.29 is 9.53 Å². The molecule has 1 unspecified atom stereocenters. The van der Waals surface area contributed by atoms with Crippen LogP contribution in [0.25, 0.3) is 0 Å². The van der Waals surface area contributed by atoms with Crippen molar-refractivity contribution in [3.8, 4) is 5.75 Å². The largest absolute Gasteiger partial charge is 0.491 e. The highest BCUT2D eigenvalue weighted by atomic mass is 16.5. The molecule has 0 fully saturated rings. The van der Waals surface area contributed by atoms with Crippen molar-refractivity contribution in [1.29, 1.82) is 0 Å². The van der Waals surface area contributed by atoms with Crippen LogP contribution >= 0.6 is 0 Å². The summed E-state index contributed by atoms with van der Waals surface area (Å²) in [5, 5.41) is 11.0. The number of aryl methyl sites for hydroxylation is 1. The number of amides is 1. The van der Waals surface area contributed by atoms with Gasteiger partial charge < -0.3 is 15.8 Å². The summed E-state index contributed by atoms with van der Waals surface area (Å²) in [6.45, 7) is 0.566. The maximum absolute atomic E-state index is 11.0. The maximum Gasteiger partial charge on any atom is 0.269 e. The van der Waals surface area contributed by atoms with E-state index in [1.807, 2.05) is 18.2 Å². The Kier molecular flexibility index (Phi) is 3.68. The van der Waals surface area contributed by atoms with Crippen LogP contribution in [0.4, 0.5) is 5.82 Å². The number of aromatic nitrogens is 2. The summed E-state index contributed by atoms with van der Waals surface area (Å²) in [7, 11) is 0. The van der Waals surface area contributed by atoms with Crippen LogP contribution in [0, 0.1) is 0 Å². The molecular formula is C15H16N4O2. The number of nitrogens with one attached hydrogen (secondary N) is 1. The lowest BCUT2D eigenvalue weighted by atomic mass is 10.1. The number of carbonyl (C=O) groups is 1. The zero-order valence-electron chi connectivity index (χ0n) is 11.5. The first-order valence-corrected chi connectivity index (χ1v) is 6.83. The van der Waals surface area contributed by atoms with Crippen LogP contribution in [0.2, 0.25) is 0 Å². The van der Waals surface area contributed by atoms with Gasteiger partial charge in [-0.15, -0.1) is 10.2 Å². The quantitative estimate of drug-likeness (QED) is 0.888. The Bertz CT molecular complexity index is 615. The number of para-hydroxylation sites is 1. The SMILES string of the molecule is NC(=O)c1ccc(NC2CCc3ccccc3OC2)nn1. The number of hydrogen-bond donors (Lipinski definition) is 2. The van der Waals surface area contributed by atoms with Gasteiger partial charge in [0.25, 0.3) is 5.91 Å². The first kappa shape index (κ1) is 13.4. The molecule has 0 radical (unpaired) electrons. The van der Waals surface area contributed by atoms with Crippen LogP contribution in [0.5, 0.6) is 5.75 Å². The number of hydrogen-bond acceptors (Lipinski definition) is 5. The van der Waals surface area contributed by atoms with E-state index in [1.165, 1.54) is 5.56 Å². The van der Waals surface area contributed by atoms with E-state index in [2.05, 4.69) is 21.6 Å². The minimum atomic E-state index is -0.581. The smallest absolute Gasteiger partial charge is 0.269 e. The van der Waals surface area contributed by atoms with E-state index >= 15 is 0 Å². The highest BCUT2D eigenvalue weighted by Gasteiger charge is 2.17. The Morgan fingerprint density at radius 1 is 1.24 bits per heavy atom. The lowest BCUT2D eigenvalue weighted by molar-refractivity contribution is 0.0994. The summed E-state index contributed by atoms with van der Waals surface area (Å²) >= 11 is 0. The third-order valence-electron chi connectivity index (χ3n) is 3.44. The molecule has 3 N–H and O–H groups in total. The molecule has 108 valence electrons. The Morgan fingerprint density at radius 3 is 2.86 bits per heavy atom. The second kappa shape index (κ2) is 5.78. The predicted molar refractivity (Wildman–Crippen MR) is 78.2 cm³/mol. The molecule has 2 heterocycles. The average molecular weight is 284 g/mol. The Morgan fingerprint density at radius 2 is 2.10 bits per heavy atom.